The number of hydrogen-bond donors (Lipinski definition) is 1. The van der Waals surface area contributed by atoms with Gasteiger partial charge in [-0.1, -0.05) is 19.9 Å². The quantitative estimate of drug-likeness (QED) is 0.679. The van der Waals surface area contributed by atoms with E-state index in [1.807, 2.05) is 63.2 Å². The molecule has 6 nitrogen and oxygen atoms in total. The van der Waals surface area contributed by atoms with Crippen molar-refractivity contribution in [2.24, 2.45) is 16.9 Å². The molecule has 1 N–H and O–H groups in total. The molecule has 0 unspecified atom stereocenters. The smallest absolute Gasteiger partial charge is 0.243 e. The minimum absolute atomic E-state index is 0.0338. The van der Waals surface area contributed by atoms with Crippen molar-refractivity contribution >= 4 is 22.7 Å². The summed E-state index contributed by atoms with van der Waals surface area (Å²) in [5.41, 5.74) is 6.83. The van der Waals surface area contributed by atoms with Crippen LogP contribution >= 0.6 is 0 Å². The third kappa shape index (κ3) is 3.75. The highest BCUT2D eigenvalue weighted by atomic mass is 16.5. The largest absolute Gasteiger partial charge is 0.491 e. The fourth-order valence-corrected chi connectivity index (χ4v) is 3.70. The number of nitrogens with zero attached hydrogens (tertiary/aromatic N) is 2. The van der Waals surface area contributed by atoms with Crippen LogP contribution < -0.4 is 10.2 Å². The molecule has 1 aromatic heterocycles. The Hall–Kier alpha value is -3.15. The lowest BCUT2D eigenvalue weighted by atomic mass is 9.83. The highest BCUT2D eigenvalue weighted by Gasteiger charge is 2.31. The summed E-state index contributed by atoms with van der Waals surface area (Å²) in [5.74, 6) is 1.32. The molecule has 0 radical (unpaired) electrons. The van der Waals surface area contributed by atoms with Crippen LogP contribution in [0.5, 0.6) is 5.75 Å². The Morgan fingerprint density at radius 3 is 2.55 bits per heavy atom. The third-order valence-electron chi connectivity index (χ3n) is 5.25. The van der Waals surface area contributed by atoms with Gasteiger partial charge in [0.05, 0.1) is 11.8 Å². The van der Waals surface area contributed by atoms with E-state index in [1.54, 1.807) is 0 Å². The summed E-state index contributed by atoms with van der Waals surface area (Å²) in [7, 11) is 0. The van der Waals surface area contributed by atoms with E-state index in [1.165, 1.54) is 0 Å². The zero-order valence-corrected chi connectivity index (χ0v) is 17.1. The van der Waals surface area contributed by atoms with Crippen LogP contribution in [0.25, 0.3) is 22.6 Å². The Labute approximate surface area is 170 Å². The first-order valence-electron chi connectivity index (χ1n) is 10.0. The number of nitrogens with one attached hydrogen (secondary N) is 1. The number of benzene rings is 2. The van der Waals surface area contributed by atoms with Gasteiger partial charge >= 0.3 is 0 Å². The Morgan fingerprint density at radius 1 is 1.14 bits per heavy atom. The van der Waals surface area contributed by atoms with E-state index >= 15 is 0 Å². The minimum Gasteiger partial charge on any atom is -0.491 e. The number of carbonyl (C=O) groups excluding carboxylic acids is 1. The monoisotopic (exact) mass is 391 g/mol. The van der Waals surface area contributed by atoms with Crippen LogP contribution in [0, 0.1) is 11.8 Å². The molecule has 0 saturated heterocycles. The molecule has 0 bridgehead atoms. The van der Waals surface area contributed by atoms with Crippen molar-refractivity contribution in [2.45, 2.75) is 40.2 Å². The highest BCUT2D eigenvalue weighted by Crippen LogP contribution is 2.30. The Balaban J connectivity index is 1.65. The van der Waals surface area contributed by atoms with E-state index in [4.69, 9.17) is 9.15 Å². The predicted molar refractivity (Wildman–Crippen MR) is 113 cm³/mol. The van der Waals surface area contributed by atoms with Crippen molar-refractivity contribution < 1.29 is 13.9 Å². The minimum atomic E-state index is -0.111. The molecule has 6 heteroatoms. The van der Waals surface area contributed by atoms with Crippen molar-refractivity contribution in [3.63, 3.8) is 0 Å². The number of amides is 1. The van der Waals surface area contributed by atoms with Gasteiger partial charge in [0.25, 0.3) is 0 Å². The average molecular weight is 391 g/mol. The first kappa shape index (κ1) is 19.2. The topological polar surface area (TPSA) is 76.7 Å². The van der Waals surface area contributed by atoms with E-state index in [0.717, 1.165) is 34.5 Å². The number of hydrogen-bond acceptors (Lipinski definition) is 5. The maximum Gasteiger partial charge on any atom is 0.243 e. The molecule has 0 saturated carbocycles. The number of aromatic nitrogens is 1. The van der Waals surface area contributed by atoms with Gasteiger partial charge in [-0.05, 0) is 56.7 Å². The first-order valence-corrected chi connectivity index (χ1v) is 10.0. The molecular weight excluding hydrogens is 366 g/mol. The number of carbonyl (C=O) groups is 1. The van der Waals surface area contributed by atoms with Crippen molar-refractivity contribution in [3.8, 4) is 17.2 Å². The fourth-order valence-electron chi connectivity index (χ4n) is 3.70. The predicted octanol–water partition coefficient (Wildman–Crippen LogP) is 4.78. The maximum atomic E-state index is 11.9. The second kappa shape index (κ2) is 7.70. The Morgan fingerprint density at radius 2 is 1.86 bits per heavy atom. The highest BCUT2D eigenvalue weighted by molar-refractivity contribution is 6.07. The molecule has 0 spiro atoms. The molecular formula is C23H25N3O3. The zero-order chi connectivity index (χ0) is 20.5. The van der Waals surface area contributed by atoms with Crippen LogP contribution in [0.3, 0.4) is 0 Å². The van der Waals surface area contributed by atoms with E-state index in [-0.39, 0.29) is 23.8 Å². The van der Waals surface area contributed by atoms with Crippen molar-refractivity contribution in [3.05, 3.63) is 48.0 Å². The van der Waals surface area contributed by atoms with Crippen molar-refractivity contribution in [2.75, 3.05) is 0 Å². The van der Waals surface area contributed by atoms with Gasteiger partial charge in [0.15, 0.2) is 5.58 Å². The first-order chi connectivity index (χ1) is 14.0. The number of rotatable bonds is 5. The molecule has 0 fully saturated rings. The van der Waals surface area contributed by atoms with E-state index in [0.29, 0.717) is 11.5 Å². The standard InChI is InChI=1S/C23H25N3O3/c1-5-18-14(4)22(27)26-25-21(18)16-8-11-19-20(12-16)29-23(24-19)15-6-9-17(10-7-15)28-13(2)3/h6-14,18H,5H2,1-4H3,(H,26,27)/t14-,18-/m0/s1. The molecule has 4 rings (SSSR count). The van der Waals surface area contributed by atoms with E-state index in [2.05, 4.69) is 22.4 Å². The molecule has 2 aromatic carbocycles. The summed E-state index contributed by atoms with van der Waals surface area (Å²) in [6.45, 7) is 8.01. The lowest BCUT2D eigenvalue weighted by molar-refractivity contribution is -0.125. The van der Waals surface area contributed by atoms with Gasteiger partial charge in [0, 0.05) is 23.0 Å². The average Bonchev–Trinajstić information content (AvgIpc) is 3.13. The summed E-state index contributed by atoms with van der Waals surface area (Å²) < 4.78 is 11.7. The fraction of sp³-hybridized carbons (Fsp3) is 0.348. The van der Waals surface area contributed by atoms with Crippen LogP contribution in [0.4, 0.5) is 0 Å². The van der Waals surface area contributed by atoms with Gasteiger partial charge in [-0.3, -0.25) is 4.79 Å². The summed E-state index contributed by atoms with van der Waals surface area (Å²) in [4.78, 5) is 16.5. The molecule has 1 amide bonds. The molecule has 29 heavy (non-hydrogen) atoms. The van der Waals surface area contributed by atoms with Gasteiger partial charge in [-0.25, -0.2) is 10.4 Å². The Kier molecular flexibility index (Phi) is 5.09. The van der Waals surface area contributed by atoms with Crippen LogP contribution in [0.1, 0.15) is 39.7 Å². The third-order valence-corrected chi connectivity index (χ3v) is 5.25. The molecule has 3 aromatic rings. The van der Waals surface area contributed by atoms with Crippen molar-refractivity contribution in [1.82, 2.24) is 10.4 Å². The SMILES string of the molecule is CC[C@@H]1C(c2ccc3nc(-c4ccc(OC(C)C)cc4)oc3c2)=NNC(=O)[C@H]1C. The molecule has 0 aliphatic carbocycles. The van der Waals surface area contributed by atoms with Crippen LogP contribution in [0.15, 0.2) is 52.0 Å². The second-order valence-corrected chi connectivity index (χ2v) is 7.67. The van der Waals surface area contributed by atoms with Gasteiger partial charge < -0.3 is 9.15 Å². The summed E-state index contributed by atoms with van der Waals surface area (Å²) in [5, 5.41) is 4.33. The lowest BCUT2D eigenvalue weighted by Crippen LogP contribution is -2.40. The van der Waals surface area contributed by atoms with Crippen LogP contribution in [0.2, 0.25) is 0 Å². The van der Waals surface area contributed by atoms with Crippen LogP contribution in [-0.4, -0.2) is 22.7 Å². The number of oxazole rings is 1. The van der Waals surface area contributed by atoms with Gasteiger partial charge in [0.2, 0.25) is 11.8 Å². The van der Waals surface area contributed by atoms with Crippen LogP contribution in [-0.2, 0) is 4.79 Å². The van der Waals surface area contributed by atoms with Gasteiger partial charge in [-0.2, -0.15) is 5.10 Å². The van der Waals surface area contributed by atoms with Gasteiger partial charge in [-0.15, -0.1) is 0 Å². The summed E-state index contributed by atoms with van der Waals surface area (Å²) in [6.07, 6.45) is 0.975. The summed E-state index contributed by atoms with van der Waals surface area (Å²) in [6, 6.07) is 13.6. The molecule has 1 aliphatic heterocycles. The molecule has 2 heterocycles. The summed E-state index contributed by atoms with van der Waals surface area (Å²) >= 11 is 0. The van der Waals surface area contributed by atoms with Gasteiger partial charge in [0.1, 0.15) is 11.3 Å². The molecule has 150 valence electrons. The zero-order valence-electron chi connectivity index (χ0n) is 17.1. The lowest BCUT2D eigenvalue weighted by Gasteiger charge is -2.27. The number of hydrazone groups is 1. The normalized spacial score (nSPS) is 19.3. The number of fused-ring (bicyclic) bond motifs is 1. The number of ether oxygens (including phenoxy) is 1. The maximum absolute atomic E-state index is 11.9. The van der Waals surface area contributed by atoms with Crippen molar-refractivity contribution in [1.29, 1.82) is 0 Å². The van der Waals surface area contributed by atoms with E-state index in [9.17, 15) is 4.79 Å². The molecule has 1 aliphatic rings. The van der Waals surface area contributed by atoms with E-state index < -0.39 is 0 Å². The second-order valence-electron chi connectivity index (χ2n) is 7.67. The molecule has 2 atom stereocenters. The Bertz CT molecular complexity index is 1070.